The molecule has 0 heterocycles. The molecule has 2 N–H and O–H groups in total. The molecule has 0 aliphatic heterocycles. The van der Waals surface area contributed by atoms with E-state index in [1.165, 1.54) is 7.11 Å². The minimum Gasteiger partial charge on any atom is -0.505 e. The largest absolute Gasteiger partial charge is 0.505 e. The molecule has 0 amide bonds. The number of aryl methyl sites for hydroxylation is 1. The van der Waals surface area contributed by atoms with E-state index in [4.69, 9.17) is 4.74 Å². The third-order valence-corrected chi connectivity index (χ3v) is 6.69. The van der Waals surface area contributed by atoms with Gasteiger partial charge in [-0.05, 0) is 53.8 Å². The maximum absolute atomic E-state index is 14.2. The summed E-state index contributed by atoms with van der Waals surface area (Å²) in [6, 6.07) is 24.7. The number of esters is 1. The molecule has 4 aromatic carbocycles. The van der Waals surface area contributed by atoms with E-state index >= 15 is 0 Å². The molecule has 1 atom stereocenters. The Hall–Kier alpha value is -4.52. The van der Waals surface area contributed by atoms with Gasteiger partial charge in [0.05, 0.1) is 13.0 Å². The van der Waals surface area contributed by atoms with Crippen molar-refractivity contribution in [3.63, 3.8) is 0 Å². The van der Waals surface area contributed by atoms with Crippen LogP contribution in [-0.2, 0) is 22.5 Å². The summed E-state index contributed by atoms with van der Waals surface area (Å²) in [6.45, 7) is 1.57. The first-order chi connectivity index (χ1) is 18.8. The third kappa shape index (κ3) is 6.68. The molecule has 0 aliphatic carbocycles. The number of hydrogen-bond acceptors (Lipinski definition) is 5. The number of anilines is 1. The number of phenolic OH excluding ortho intramolecular Hbond substituents is 1. The molecule has 7 heteroatoms. The topological polar surface area (TPSA) is 75.6 Å². The highest BCUT2D eigenvalue weighted by atomic mass is 19.1. The van der Waals surface area contributed by atoms with Crippen molar-refractivity contribution in [3.05, 3.63) is 119 Å². The number of nitrogens with one attached hydrogen (secondary N) is 1. The maximum atomic E-state index is 14.2. The molecule has 0 unspecified atom stereocenters. The molecular formula is C32H29F2NO4. The van der Waals surface area contributed by atoms with Gasteiger partial charge in [0.25, 0.3) is 0 Å². The van der Waals surface area contributed by atoms with Gasteiger partial charge >= 0.3 is 5.97 Å². The van der Waals surface area contributed by atoms with Gasteiger partial charge in [0.15, 0.2) is 17.3 Å². The van der Waals surface area contributed by atoms with E-state index < -0.39 is 29.3 Å². The van der Waals surface area contributed by atoms with Crippen molar-refractivity contribution in [1.82, 2.24) is 0 Å². The Morgan fingerprint density at radius 2 is 1.62 bits per heavy atom. The molecule has 0 spiro atoms. The van der Waals surface area contributed by atoms with Crippen LogP contribution in [-0.4, -0.2) is 24.0 Å². The van der Waals surface area contributed by atoms with Gasteiger partial charge in [0.2, 0.25) is 0 Å². The Morgan fingerprint density at radius 3 is 2.31 bits per heavy atom. The van der Waals surface area contributed by atoms with Crippen LogP contribution < -0.4 is 5.32 Å². The molecule has 0 radical (unpaired) electrons. The second-order valence-electron chi connectivity index (χ2n) is 9.36. The second-order valence-corrected chi connectivity index (χ2v) is 9.36. The zero-order valence-corrected chi connectivity index (χ0v) is 21.7. The van der Waals surface area contributed by atoms with Crippen LogP contribution >= 0.6 is 0 Å². The fraction of sp³-hybridized carbons (Fsp3) is 0.188. The smallest absolute Gasteiger partial charge is 0.309 e. The Labute approximate surface area is 226 Å². The molecule has 5 nitrogen and oxygen atoms in total. The fourth-order valence-electron chi connectivity index (χ4n) is 4.41. The number of ketones is 1. The highest BCUT2D eigenvalue weighted by molar-refractivity contribution is 5.99. The van der Waals surface area contributed by atoms with Crippen molar-refractivity contribution < 1.29 is 28.2 Å². The lowest BCUT2D eigenvalue weighted by Gasteiger charge is -2.16. The van der Waals surface area contributed by atoms with E-state index in [0.29, 0.717) is 17.7 Å². The van der Waals surface area contributed by atoms with Crippen molar-refractivity contribution in [2.45, 2.75) is 26.3 Å². The van der Waals surface area contributed by atoms with E-state index in [0.717, 1.165) is 34.4 Å². The van der Waals surface area contributed by atoms with E-state index in [1.54, 1.807) is 25.1 Å². The van der Waals surface area contributed by atoms with E-state index in [1.807, 2.05) is 54.6 Å². The lowest BCUT2D eigenvalue weighted by Crippen LogP contribution is -2.22. The normalized spacial score (nSPS) is 11.6. The maximum Gasteiger partial charge on any atom is 0.309 e. The summed E-state index contributed by atoms with van der Waals surface area (Å²) in [5, 5.41) is 12.5. The standard InChI is InChI=1S/C32H29F2NO4/c1-20-8-11-24(17-28(20)35-19-26-27(33)14-15-29(36)31(26)34)30(37)18-25(32(38)39-2)16-21-9-12-23(13-10-21)22-6-4-3-5-7-22/h3-15,17,25,35-36H,16,18-19H2,1-2H3/t25-/m1/s1. The van der Waals surface area contributed by atoms with Crippen molar-refractivity contribution >= 4 is 17.4 Å². The van der Waals surface area contributed by atoms with Crippen LogP contribution in [0.25, 0.3) is 11.1 Å². The number of Topliss-reactive ketones (excluding diaryl/α,β-unsaturated/α-hetero) is 1. The average Bonchev–Trinajstić information content (AvgIpc) is 2.96. The monoisotopic (exact) mass is 529 g/mol. The first-order valence-electron chi connectivity index (χ1n) is 12.5. The summed E-state index contributed by atoms with van der Waals surface area (Å²) >= 11 is 0. The number of carbonyl (C=O) groups excluding carboxylic acids is 2. The van der Waals surface area contributed by atoms with Gasteiger partial charge in [0.1, 0.15) is 5.82 Å². The highest BCUT2D eigenvalue weighted by Crippen LogP contribution is 2.26. The lowest BCUT2D eigenvalue weighted by molar-refractivity contribution is -0.145. The number of ether oxygens (including phenoxy) is 1. The minimum absolute atomic E-state index is 0.0641. The quantitative estimate of drug-likeness (QED) is 0.173. The van der Waals surface area contributed by atoms with Crippen molar-refractivity contribution in [1.29, 1.82) is 0 Å². The van der Waals surface area contributed by atoms with Crippen LogP contribution in [0.3, 0.4) is 0 Å². The number of methoxy groups -OCH3 is 1. The van der Waals surface area contributed by atoms with Gasteiger partial charge in [-0.25, -0.2) is 8.78 Å². The Kier molecular flexibility index (Phi) is 8.71. The van der Waals surface area contributed by atoms with Gasteiger partial charge < -0.3 is 15.2 Å². The molecule has 0 saturated carbocycles. The van der Waals surface area contributed by atoms with Gasteiger partial charge in [0, 0.05) is 29.8 Å². The summed E-state index contributed by atoms with van der Waals surface area (Å²) in [6.07, 6.45) is 0.270. The predicted octanol–water partition coefficient (Wildman–Crippen LogP) is 6.86. The molecule has 0 fully saturated rings. The zero-order valence-electron chi connectivity index (χ0n) is 21.7. The second kappa shape index (κ2) is 12.3. The third-order valence-electron chi connectivity index (χ3n) is 6.69. The van der Waals surface area contributed by atoms with Gasteiger partial charge in [-0.1, -0.05) is 66.7 Å². The number of hydrogen-bond donors (Lipinski definition) is 2. The van der Waals surface area contributed by atoms with E-state index in [2.05, 4.69) is 5.32 Å². The fourth-order valence-corrected chi connectivity index (χ4v) is 4.41. The summed E-state index contributed by atoms with van der Waals surface area (Å²) in [7, 11) is 1.30. The molecule has 4 rings (SSSR count). The molecule has 0 aromatic heterocycles. The van der Waals surface area contributed by atoms with Crippen LogP contribution in [0.5, 0.6) is 5.75 Å². The molecule has 200 valence electrons. The van der Waals surface area contributed by atoms with Crippen LogP contribution in [0.4, 0.5) is 14.5 Å². The number of halogens is 2. The zero-order chi connectivity index (χ0) is 27.9. The lowest BCUT2D eigenvalue weighted by atomic mass is 9.91. The van der Waals surface area contributed by atoms with Crippen LogP contribution in [0.1, 0.15) is 33.5 Å². The number of benzene rings is 4. The average molecular weight is 530 g/mol. The van der Waals surface area contributed by atoms with Gasteiger partial charge in [-0.3, -0.25) is 9.59 Å². The molecule has 0 aliphatic rings. The highest BCUT2D eigenvalue weighted by Gasteiger charge is 2.24. The van der Waals surface area contributed by atoms with Crippen LogP contribution in [0.15, 0.2) is 84.9 Å². The minimum atomic E-state index is -1.04. The molecule has 4 aromatic rings. The summed E-state index contributed by atoms with van der Waals surface area (Å²) in [5.74, 6) is -3.89. The summed E-state index contributed by atoms with van der Waals surface area (Å²) in [5.41, 5.74) is 4.35. The molecule has 39 heavy (non-hydrogen) atoms. The first kappa shape index (κ1) is 27.5. The number of rotatable bonds is 10. The summed E-state index contributed by atoms with van der Waals surface area (Å²) < 4.78 is 33.3. The van der Waals surface area contributed by atoms with Gasteiger partial charge in [-0.15, -0.1) is 0 Å². The Bertz CT molecular complexity index is 1470. The number of phenols is 1. The Morgan fingerprint density at radius 1 is 0.923 bits per heavy atom. The number of carbonyl (C=O) groups is 2. The van der Waals surface area contributed by atoms with E-state index in [-0.39, 0.29) is 24.3 Å². The Balaban J connectivity index is 1.47. The van der Waals surface area contributed by atoms with Crippen molar-refractivity contribution in [2.24, 2.45) is 5.92 Å². The number of aromatic hydroxyl groups is 1. The molecule has 0 bridgehead atoms. The summed E-state index contributed by atoms with van der Waals surface area (Å²) in [4.78, 5) is 25.8. The SMILES string of the molecule is COC(=O)[C@@H](CC(=O)c1ccc(C)c(NCc2c(F)ccc(O)c2F)c1)Cc1ccc(-c2ccccc2)cc1. The van der Waals surface area contributed by atoms with Gasteiger partial charge in [-0.2, -0.15) is 0 Å². The first-order valence-corrected chi connectivity index (χ1v) is 12.5. The van der Waals surface area contributed by atoms with Crippen molar-refractivity contribution in [2.75, 3.05) is 12.4 Å². The van der Waals surface area contributed by atoms with Crippen LogP contribution in [0, 0.1) is 24.5 Å². The van der Waals surface area contributed by atoms with E-state index in [9.17, 15) is 23.5 Å². The predicted molar refractivity (Wildman–Crippen MR) is 147 cm³/mol. The van der Waals surface area contributed by atoms with Crippen LogP contribution in [0.2, 0.25) is 0 Å². The van der Waals surface area contributed by atoms with Crippen molar-refractivity contribution in [3.8, 4) is 16.9 Å². The molecular weight excluding hydrogens is 500 g/mol. The molecule has 0 saturated heterocycles.